The van der Waals surface area contributed by atoms with E-state index in [1.807, 2.05) is 32.0 Å². The van der Waals surface area contributed by atoms with Gasteiger partial charge in [0.05, 0.1) is 5.70 Å². The van der Waals surface area contributed by atoms with Crippen LogP contribution in [-0.2, 0) is 4.79 Å². The minimum absolute atomic E-state index is 0.657. The number of hydrogen-bond donors (Lipinski definition) is 0. The Morgan fingerprint density at radius 1 is 1.50 bits per heavy atom. The molecular weight excluding hydrogens is 126 g/mol. The standard InChI is InChI=1S/C8H14NO/c1-4-8(7-10)9(5-2)6-3/h4H,5-6H2,1-3H3/b8-4+. The number of rotatable bonds is 4. The van der Waals surface area contributed by atoms with E-state index in [0.29, 0.717) is 5.70 Å². The van der Waals surface area contributed by atoms with E-state index in [0.717, 1.165) is 13.1 Å². The zero-order chi connectivity index (χ0) is 7.98. The molecule has 0 N–H and O–H groups in total. The molecule has 0 aromatic carbocycles. The molecule has 0 aromatic rings. The second-order valence-electron chi connectivity index (χ2n) is 1.95. The number of nitrogens with zero attached hydrogens (tertiary/aromatic N) is 1. The van der Waals surface area contributed by atoms with Gasteiger partial charge in [0.2, 0.25) is 0 Å². The Balaban J connectivity index is 4.10. The van der Waals surface area contributed by atoms with Crippen LogP contribution in [0.2, 0.25) is 0 Å². The fourth-order valence-electron chi connectivity index (χ4n) is 0.870. The molecule has 0 unspecified atom stereocenters. The predicted molar refractivity (Wildman–Crippen MR) is 42.4 cm³/mol. The van der Waals surface area contributed by atoms with Crippen molar-refractivity contribution in [2.24, 2.45) is 0 Å². The first kappa shape index (κ1) is 9.21. The van der Waals surface area contributed by atoms with E-state index in [2.05, 4.69) is 0 Å². The maximum atomic E-state index is 10.3. The van der Waals surface area contributed by atoms with E-state index in [1.54, 1.807) is 6.08 Å². The summed E-state index contributed by atoms with van der Waals surface area (Å²) in [7, 11) is 0. The SMILES string of the molecule is C/C=C(\[C]=O)N(CC)CC. The fourth-order valence-corrected chi connectivity index (χ4v) is 0.870. The highest BCUT2D eigenvalue weighted by molar-refractivity contribution is 5.72. The van der Waals surface area contributed by atoms with Crippen molar-refractivity contribution in [1.82, 2.24) is 4.90 Å². The van der Waals surface area contributed by atoms with Crippen LogP contribution in [-0.4, -0.2) is 24.3 Å². The van der Waals surface area contributed by atoms with Crippen molar-refractivity contribution >= 4 is 6.29 Å². The summed E-state index contributed by atoms with van der Waals surface area (Å²) in [5.74, 6) is 0. The number of hydrogen-bond acceptors (Lipinski definition) is 2. The summed E-state index contributed by atoms with van der Waals surface area (Å²) in [6.07, 6.45) is 3.67. The third-order valence-corrected chi connectivity index (χ3v) is 1.48. The lowest BCUT2D eigenvalue weighted by Gasteiger charge is -2.18. The Morgan fingerprint density at radius 2 is 2.00 bits per heavy atom. The van der Waals surface area contributed by atoms with Gasteiger partial charge in [-0.15, -0.1) is 0 Å². The van der Waals surface area contributed by atoms with Crippen LogP contribution in [0.25, 0.3) is 0 Å². The van der Waals surface area contributed by atoms with Gasteiger partial charge in [-0.1, -0.05) is 6.08 Å². The average molecular weight is 140 g/mol. The van der Waals surface area contributed by atoms with Crippen LogP contribution in [0.4, 0.5) is 0 Å². The quantitative estimate of drug-likeness (QED) is 0.549. The normalized spacial score (nSPS) is 11.3. The van der Waals surface area contributed by atoms with Crippen molar-refractivity contribution in [1.29, 1.82) is 0 Å². The number of allylic oxidation sites excluding steroid dienone is 2. The molecular formula is C8H14NO. The lowest BCUT2D eigenvalue weighted by atomic mass is 10.3. The maximum Gasteiger partial charge on any atom is 0.250 e. The van der Waals surface area contributed by atoms with Crippen LogP contribution in [0.15, 0.2) is 11.8 Å². The van der Waals surface area contributed by atoms with Crippen LogP contribution in [0.5, 0.6) is 0 Å². The van der Waals surface area contributed by atoms with Crippen molar-refractivity contribution in [3.63, 3.8) is 0 Å². The molecule has 2 nitrogen and oxygen atoms in total. The van der Waals surface area contributed by atoms with Crippen LogP contribution in [0.3, 0.4) is 0 Å². The van der Waals surface area contributed by atoms with E-state index < -0.39 is 0 Å². The van der Waals surface area contributed by atoms with Crippen molar-refractivity contribution in [2.75, 3.05) is 13.1 Å². The molecule has 0 saturated carbocycles. The molecule has 10 heavy (non-hydrogen) atoms. The monoisotopic (exact) mass is 140 g/mol. The molecule has 0 aliphatic carbocycles. The molecule has 0 amide bonds. The molecule has 0 aliphatic heterocycles. The molecule has 0 spiro atoms. The molecule has 0 atom stereocenters. The average Bonchev–Trinajstić information content (AvgIpc) is 2.00. The second-order valence-corrected chi connectivity index (χ2v) is 1.95. The predicted octanol–water partition coefficient (Wildman–Crippen LogP) is 1.34. The molecule has 2 heteroatoms. The zero-order valence-corrected chi connectivity index (χ0v) is 6.85. The highest BCUT2D eigenvalue weighted by Crippen LogP contribution is 1.98. The van der Waals surface area contributed by atoms with Gasteiger partial charge in [-0.2, -0.15) is 0 Å². The molecule has 0 aliphatic rings. The van der Waals surface area contributed by atoms with E-state index in [4.69, 9.17) is 0 Å². The van der Waals surface area contributed by atoms with Gasteiger partial charge < -0.3 is 4.90 Å². The lowest BCUT2D eigenvalue weighted by molar-refractivity contribution is 0.393. The van der Waals surface area contributed by atoms with Gasteiger partial charge in [0.25, 0.3) is 6.29 Å². The molecule has 0 fully saturated rings. The summed E-state index contributed by atoms with van der Waals surface area (Å²) in [5.41, 5.74) is 0.657. The largest absolute Gasteiger partial charge is 0.369 e. The Hall–Kier alpha value is -0.790. The molecule has 1 radical (unpaired) electrons. The summed E-state index contributed by atoms with van der Waals surface area (Å²) in [6.45, 7) is 7.62. The van der Waals surface area contributed by atoms with Gasteiger partial charge in [0.1, 0.15) is 0 Å². The fraction of sp³-hybridized carbons (Fsp3) is 0.625. The van der Waals surface area contributed by atoms with Gasteiger partial charge in [-0.25, -0.2) is 0 Å². The molecule has 0 heterocycles. The highest BCUT2D eigenvalue weighted by Gasteiger charge is 2.01. The topological polar surface area (TPSA) is 20.3 Å². The second kappa shape index (κ2) is 5.03. The van der Waals surface area contributed by atoms with E-state index in [-0.39, 0.29) is 0 Å². The van der Waals surface area contributed by atoms with Crippen molar-refractivity contribution in [2.45, 2.75) is 20.8 Å². The molecule has 0 saturated heterocycles. The summed E-state index contributed by atoms with van der Waals surface area (Å²) >= 11 is 0. The number of carbonyl (C=O) groups excluding carboxylic acids is 1. The minimum Gasteiger partial charge on any atom is -0.369 e. The smallest absolute Gasteiger partial charge is 0.250 e. The van der Waals surface area contributed by atoms with Crippen LogP contribution >= 0.6 is 0 Å². The van der Waals surface area contributed by atoms with Crippen LogP contribution < -0.4 is 0 Å². The van der Waals surface area contributed by atoms with Gasteiger partial charge >= 0.3 is 0 Å². The summed E-state index contributed by atoms with van der Waals surface area (Å²) in [6, 6.07) is 0. The van der Waals surface area contributed by atoms with Gasteiger partial charge in [-0.3, -0.25) is 4.79 Å². The molecule has 57 valence electrons. The molecule has 0 rings (SSSR count). The Morgan fingerprint density at radius 3 is 2.10 bits per heavy atom. The minimum atomic E-state index is 0.657. The van der Waals surface area contributed by atoms with E-state index >= 15 is 0 Å². The first-order valence-electron chi connectivity index (χ1n) is 3.59. The van der Waals surface area contributed by atoms with Crippen molar-refractivity contribution < 1.29 is 4.79 Å². The van der Waals surface area contributed by atoms with E-state index in [1.165, 1.54) is 0 Å². The Kier molecular flexibility index (Phi) is 4.63. The van der Waals surface area contributed by atoms with Crippen LogP contribution in [0, 0.1) is 0 Å². The third kappa shape index (κ3) is 2.21. The zero-order valence-electron chi connectivity index (χ0n) is 6.85. The van der Waals surface area contributed by atoms with E-state index in [9.17, 15) is 4.79 Å². The van der Waals surface area contributed by atoms with Crippen LogP contribution in [0.1, 0.15) is 20.8 Å². The van der Waals surface area contributed by atoms with Crippen molar-refractivity contribution in [3.8, 4) is 0 Å². The summed E-state index contributed by atoms with van der Waals surface area (Å²) in [5, 5.41) is 0. The number of likely N-dealkylation sites (N-methyl/N-ethyl adjacent to an activating group) is 1. The maximum absolute atomic E-state index is 10.3. The van der Waals surface area contributed by atoms with Gasteiger partial charge in [0, 0.05) is 13.1 Å². The first-order valence-corrected chi connectivity index (χ1v) is 3.59. The third-order valence-electron chi connectivity index (χ3n) is 1.48. The lowest BCUT2D eigenvalue weighted by Crippen LogP contribution is -2.22. The Labute approximate surface area is 62.5 Å². The Bertz CT molecular complexity index is 125. The molecule has 0 aromatic heterocycles. The summed E-state index contributed by atoms with van der Waals surface area (Å²) in [4.78, 5) is 12.2. The highest BCUT2D eigenvalue weighted by atomic mass is 16.1. The molecule has 0 bridgehead atoms. The van der Waals surface area contributed by atoms with Crippen molar-refractivity contribution in [3.05, 3.63) is 11.8 Å². The first-order chi connectivity index (χ1) is 4.79. The van der Waals surface area contributed by atoms with Gasteiger partial charge in [-0.05, 0) is 20.8 Å². The summed E-state index contributed by atoms with van der Waals surface area (Å²) < 4.78 is 0. The van der Waals surface area contributed by atoms with Gasteiger partial charge in [0.15, 0.2) is 0 Å².